The Morgan fingerprint density at radius 2 is 1.37 bits per heavy atom. The van der Waals surface area contributed by atoms with E-state index < -0.39 is 48.0 Å². The number of fused-ring (bicyclic) bond motifs is 3. The van der Waals surface area contributed by atoms with Gasteiger partial charge in [0.05, 0.1) is 25.1 Å². The van der Waals surface area contributed by atoms with Crippen LogP contribution in [0.3, 0.4) is 0 Å². The maximum absolute atomic E-state index is 13.8. The molecule has 5 aromatic carbocycles. The Morgan fingerprint density at radius 1 is 0.730 bits per heavy atom. The van der Waals surface area contributed by atoms with E-state index in [1.807, 2.05) is 97.1 Å². The van der Waals surface area contributed by atoms with Crippen molar-refractivity contribution in [1.29, 1.82) is 0 Å². The zero-order valence-corrected chi connectivity index (χ0v) is 35.3. The van der Waals surface area contributed by atoms with Crippen molar-refractivity contribution in [3.05, 3.63) is 187 Å². The molecule has 1 aliphatic rings. The molecule has 0 heterocycles. The molecule has 5 aromatic rings. The highest BCUT2D eigenvalue weighted by atomic mass is 16.6. The van der Waals surface area contributed by atoms with Gasteiger partial charge in [-0.2, -0.15) is 0 Å². The summed E-state index contributed by atoms with van der Waals surface area (Å²) < 4.78 is 17.6. The smallest absolute Gasteiger partial charge is 0.407 e. The fourth-order valence-corrected chi connectivity index (χ4v) is 7.67. The molecule has 3 amide bonds. The van der Waals surface area contributed by atoms with Crippen molar-refractivity contribution in [2.75, 3.05) is 19.8 Å². The lowest BCUT2D eigenvalue weighted by Crippen LogP contribution is -2.44. The molecule has 0 saturated heterocycles. The number of aliphatic hydroxyl groups excluding tert-OH is 1. The third-order valence-electron chi connectivity index (χ3n) is 11.0. The standard InChI is InChI=1S/C52H55N3O8/c1-3-5-25-47(55-52(60)62-35-46-44-23-14-12-21-42(44)43-22-13-15-24-45(43)46)51(59)63-48(38-19-10-7-11-20-38)32-53-50(58)39(16-4-2)31-49(57)54-40(33-56)30-36-26-28-41(29-27-36)61-34-37-17-8-6-9-18-37/h3-4,6-15,17-24,26-29,39-40,46-48,56H,1-2,5,16,25,30-35H2,(H,53,58)(H,54,57)(H,55,60)/t39-,40+,47+,48-/m1/s1. The topological polar surface area (TPSA) is 152 Å². The van der Waals surface area contributed by atoms with Crippen LogP contribution in [-0.2, 0) is 36.9 Å². The van der Waals surface area contributed by atoms with E-state index in [4.69, 9.17) is 14.2 Å². The predicted molar refractivity (Wildman–Crippen MR) is 243 cm³/mol. The minimum atomic E-state index is -1.07. The molecule has 0 unspecified atom stereocenters. The van der Waals surface area contributed by atoms with Crippen LogP contribution < -0.4 is 20.7 Å². The maximum atomic E-state index is 13.8. The number of nitrogens with one attached hydrogen (secondary N) is 3. The number of rotatable bonds is 23. The second kappa shape index (κ2) is 23.3. The van der Waals surface area contributed by atoms with Crippen LogP contribution in [0, 0.1) is 5.92 Å². The number of esters is 1. The number of hydrogen-bond acceptors (Lipinski definition) is 8. The maximum Gasteiger partial charge on any atom is 0.407 e. The molecule has 6 rings (SSSR count). The number of benzene rings is 5. The number of hydrogen-bond donors (Lipinski definition) is 4. The van der Waals surface area contributed by atoms with Crippen LogP contribution >= 0.6 is 0 Å². The van der Waals surface area contributed by atoms with Gasteiger partial charge < -0.3 is 35.3 Å². The molecule has 63 heavy (non-hydrogen) atoms. The van der Waals surface area contributed by atoms with Crippen LogP contribution in [0.15, 0.2) is 159 Å². The molecule has 0 spiro atoms. The third-order valence-corrected chi connectivity index (χ3v) is 11.0. The van der Waals surface area contributed by atoms with Crippen molar-refractivity contribution in [2.24, 2.45) is 5.92 Å². The summed E-state index contributed by atoms with van der Waals surface area (Å²) in [5.74, 6) is -1.80. The lowest BCUT2D eigenvalue weighted by Gasteiger charge is -2.24. The van der Waals surface area contributed by atoms with Crippen LogP contribution in [0.5, 0.6) is 5.75 Å². The van der Waals surface area contributed by atoms with Gasteiger partial charge in [-0.3, -0.25) is 9.59 Å². The number of allylic oxidation sites excluding steroid dienone is 2. The summed E-state index contributed by atoms with van der Waals surface area (Å²) in [7, 11) is 0. The van der Waals surface area contributed by atoms with Gasteiger partial charge in [-0.15, -0.1) is 13.2 Å². The number of ether oxygens (including phenoxy) is 3. The van der Waals surface area contributed by atoms with E-state index in [2.05, 4.69) is 41.2 Å². The highest BCUT2D eigenvalue weighted by Crippen LogP contribution is 2.44. The van der Waals surface area contributed by atoms with Crippen LogP contribution in [-0.4, -0.2) is 60.8 Å². The summed E-state index contributed by atoms with van der Waals surface area (Å²) in [6.45, 7) is 7.66. The predicted octanol–water partition coefficient (Wildman–Crippen LogP) is 8.14. The van der Waals surface area contributed by atoms with Gasteiger partial charge in [-0.25, -0.2) is 9.59 Å². The average Bonchev–Trinajstić information content (AvgIpc) is 3.64. The normalized spacial score (nSPS) is 13.5. The van der Waals surface area contributed by atoms with Gasteiger partial charge in [0, 0.05) is 12.3 Å². The summed E-state index contributed by atoms with van der Waals surface area (Å²) in [6, 6.07) is 40.7. The fraction of sp³-hybridized carbons (Fsp3) is 0.269. The van der Waals surface area contributed by atoms with Crippen molar-refractivity contribution >= 4 is 23.9 Å². The first-order valence-corrected chi connectivity index (χ1v) is 21.3. The van der Waals surface area contributed by atoms with Gasteiger partial charge in [-0.1, -0.05) is 133 Å². The summed E-state index contributed by atoms with van der Waals surface area (Å²) >= 11 is 0. The van der Waals surface area contributed by atoms with Crippen molar-refractivity contribution in [2.45, 2.75) is 62.8 Å². The Labute approximate surface area is 369 Å². The Balaban J connectivity index is 1.03. The second-order valence-electron chi connectivity index (χ2n) is 15.5. The first-order chi connectivity index (χ1) is 30.8. The molecular formula is C52H55N3O8. The Bertz CT molecular complexity index is 2250. The van der Waals surface area contributed by atoms with Crippen molar-refractivity contribution in [3.63, 3.8) is 0 Å². The fourth-order valence-electron chi connectivity index (χ4n) is 7.67. The molecular weight excluding hydrogens is 795 g/mol. The second-order valence-corrected chi connectivity index (χ2v) is 15.5. The minimum absolute atomic E-state index is 0.0752. The van der Waals surface area contributed by atoms with Gasteiger partial charge in [0.2, 0.25) is 11.8 Å². The molecule has 0 radical (unpaired) electrons. The Morgan fingerprint density at radius 3 is 2.00 bits per heavy atom. The van der Waals surface area contributed by atoms with Crippen molar-refractivity contribution in [3.8, 4) is 16.9 Å². The van der Waals surface area contributed by atoms with E-state index in [1.165, 1.54) is 0 Å². The molecule has 4 atom stereocenters. The van der Waals surface area contributed by atoms with E-state index in [0.29, 0.717) is 30.8 Å². The van der Waals surface area contributed by atoms with Gasteiger partial charge in [0.1, 0.15) is 31.1 Å². The number of aliphatic hydroxyl groups is 1. The van der Waals surface area contributed by atoms with E-state index in [9.17, 15) is 24.3 Å². The van der Waals surface area contributed by atoms with E-state index in [-0.39, 0.29) is 44.9 Å². The minimum Gasteiger partial charge on any atom is -0.489 e. The van der Waals surface area contributed by atoms with Crippen LogP contribution in [0.4, 0.5) is 4.79 Å². The number of carbonyl (C=O) groups excluding carboxylic acids is 4. The molecule has 326 valence electrons. The van der Waals surface area contributed by atoms with Crippen LogP contribution in [0.1, 0.15) is 65.5 Å². The van der Waals surface area contributed by atoms with E-state index in [0.717, 1.165) is 33.4 Å². The van der Waals surface area contributed by atoms with Crippen LogP contribution in [0.2, 0.25) is 0 Å². The first kappa shape index (κ1) is 45.5. The SMILES string of the molecule is C=CCC[C@H](NC(=O)OCC1c2ccccc2-c2ccccc21)C(=O)O[C@H](CNC(=O)[C@H](CC=C)CC(=O)N[C@H](CO)Cc1ccc(OCc2ccccc2)cc1)c1ccccc1. The first-order valence-electron chi connectivity index (χ1n) is 21.3. The third kappa shape index (κ3) is 13.0. The van der Waals surface area contributed by atoms with Crippen molar-refractivity contribution in [1.82, 2.24) is 16.0 Å². The summed E-state index contributed by atoms with van der Waals surface area (Å²) in [5, 5.41) is 18.6. The lowest BCUT2D eigenvalue weighted by atomic mass is 9.98. The van der Waals surface area contributed by atoms with Crippen LogP contribution in [0.25, 0.3) is 11.1 Å². The largest absolute Gasteiger partial charge is 0.489 e. The molecule has 0 fully saturated rings. The molecule has 0 aliphatic heterocycles. The van der Waals surface area contributed by atoms with Gasteiger partial charge in [0.25, 0.3) is 0 Å². The number of alkyl carbamates (subject to hydrolysis) is 1. The van der Waals surface area contributed by atoms with E-state index >= 15 is 0 Å². The highest BCUT2D eigenvalue weighted by molar-refractivity contribution is 5.86. The van der Waals surface area contributed by atoms with Gasteiger partial charge in [0.15, 0.2) is 0 Å². The molecule has 0 aromatic heterocycles. The molecule has 4 N–H and O–H groups in total. The number of amides is 3. The Kier molecular flexibility index (Phi) is 16.8. The molecule has 0 bridgehead atoms. The average molecular weight is 850 g/mol. The number of carbonyl (C=O) groups is 4. The zero-order chi connectivity index (χ0) is 44.4. The Hall–Kier alpha value is -6.98. The monoisotopic (exact) mass is 849 g/mol. The molecule has 11 heteroatoms. The van der Waals surface area contributed by atoms with Gasteiger partial charge >= 0.3 is 12.1 Å². The highest BCUT2D eigenvalue weighted by Gasteiger charge is 2.31. The quantitative estimate of drug-likeness (QED) is 0.0380. The molecule has 1 aliphatic carbocycles. The lowest BCUT2D eigenvalue weighted by molar-refractivity contribution is -0.152. The summed E-state index contributed by atoms with van der Waals surface area (Å²) in [6.07, 6.45) is 2.56. The molecule has 11 nitrogen and oxygen atoms in total. The summed E-state index contributed by atoms with van der Waals surface area (Å²) in [4.78, 5) is 54.0. The molecule has 0 saturated carbocycles. The van der Waals surface area contributed by atoms with Crippen molar-refractivity contribution < 1.29 is 38.5 Å². The zero-order valence-electron chi connectivity index (χ0n) is 35.3. The van der Waals surface area contributed by atoms with Gasteiger partial charge in [-0.05, 0) is 76.8 Å². The summed E-state index contributed by atoms with van der Waals surface area (Å²) in [5.41, 5.74) is 6.90. The van der Waals surface area contributed by atoms with E-state index in [1.54, 1.807) is 36.4 Å².